The summed E-state index contributed by atoms with van der Waals surface area (Å²) in [5, 5.41) is 0. The van der Waals surface area contributed by atoms with Crippen LogP contribution in [0.3, 0.4) is 0 Å². The van der Waals surface area contributed by atoms with Gasteiger partial charge in [-0.2, -0.15) is 0 Å². The number of aryl methyl sites for hydroxylation is 2. The van der Waals surface area contributed by atoms with Gasteiger partial charge in [-0.05, 0) is 110 Å². The molecule has 0 atom stereocenters. The average Bonchev–Trinajstić information content (AvgIpc) is 2.81. The van der Waals surface area contributed by atoms with Crippen LogP contribution in [0.1, 0.15) is 106 Å². The van der Waals surface area contributed by atoms with Crippen molar-refractivity contribution >= 4 is 0 Å². The molecular weight excluding hydrogens is 405 g/mol. The van der Waals surface area contributed by atoms with E-state index >= 15 is 4.39 Å². The van der Waals surface area contributed by atoms with Crippen molar-refractivity contribution in [3.63, 3.8) is 0 Å². The third-order valence-corrected chi connectivity index (χ3v) is 8.23. The molecule has 0 amide bonds. The molecule has 174 valence electrons. The molecule has 0 nitrogen and oxygen atoms in total. The average molecular weight is 443 g/mol. The summed E-state index contributed by atoms with van der Waals surface area (Å²) in [5.41, 5.74) is 2.98. The molecule has 0 radical (unpaired) electrons. The highest BCUT2D eigenvalue weighted by atomic mass is 19.2. The summed E-state index contributed by atoms with van der Waals surface area (Å²) in [7, 11) is 0. The summed E-state index contributed by atoms with van der Waals surface area (Å²) in [6.45, 7) is 4.27. The minimum atomic E-state index is -0.609. The molecule has 4 rings (SSSR count). The first-order valence-corrected chi connectivity index (χ1v) is 12.7. The lowest BCUT2D eigenvalue weighted by atomic mass is 9.75. The molecule has 2 fully saturated rings. The maximum atomic E-state index is 15.0. The normalized spacial score (nSPS) is 26.3. The Kier molecular flexibility index (Phi) is 7.63. The first kappa shape index (κ1) is 23.4. The van der Waals surface area contributed by atoms with Crippen molar-refractivity contribution in [2.24, 2.45) is 11.8 Å². The fourth-order valence-electron chi connectivity index (χ4n) is 5.92. The Balaban J connectivity index is 1.33. The predicted octanol–water partition coefficient (Wildman–Crippen LogP) is 8.87. The second-order valence-electron chi connectivity index (χ2n) is 10.4. The SMILES string of the molecule is CCc1ccc(CCC2CCC(c3ccc(C4CCC(C)CC4)c(F)c3F)CC2)c(F)c1. The van der Waals surface area contributed by atoms with Crippen molar-refractivity contribution in [2.75, 3.05) is 0 Å². The smallest absolute Gasteiger partial charge is 0.162 e. The van der Waals surface area contributed by atoms with Crippen LogP contribution in [0.25, 0.3) is 0 Å². The molecule has 2 aromatic rings. The molecule has 2 aromatic carbocycles. The fourth-order valence-corrected chi connectivity index (χ4v) is 5.92. The van der Waals surface area contributed by atoms with E-state index in [1.54, 1.807) is 6.07 Å². The van der Waals surface area contributed by atoms with Crippen LogP contribution in [0.2, 0.25) is 0 Å². The maximum Gasteiger partial charge on any atom is 0.162 e. The van der Waals surface area contributed by atoms with Crippen molar-refractivity contribution in [2.45, 2.75) is 96.3 Å². The number of benzene rings is 2. The minimum Gasteiger partial charge on any atom is -0.207 e. The monoisotopic (exact) mass is 442 g/mol. The summed E-state index contributed by atoms with van der Waals surface area (Å²) in [4.78, 5) is 0. The van der Waals surface area contributed by atoms with Crippen LogP contribution in [0.4, 0.5) is 13.2 Å². The summed E-state index contributed by atoms with van der Waals surface area (Å²) >= 11 is 0. The van der Waals surface area contributed by atoms with E-state index < -0.39 is 11.6 Å². The largest absolute Gasteiger partial charge is 0.207 e. The first-order chi connectivity index (χ1) is 15.5. The van der Waals surface area contributed by atoms with Crippen LogP contribution >= 0.6 is 0 Å². The highest BCUT2D eigenvalue weighted by molar-refractivity contribution is 5.32. The van der Waals surface area contributed by atoms with Crippen molar-refractivity contribution in [3.05, 3.63) is 70.0 Å². The van der Waals surface area contributed by atoms with Gasteiger partial charge in [-0.3, -0.25) is 0 Å². The van der Waals surface area contributed by atoms with E-state index in [1.165, 1.54) is 0 Å². The standard InChI is InChI=1S/C29H37F3/c1-3-20-6-14-24(27(30)18-20)15-9-21-7-12-23(13-8-21)26-17-16-25(28(31)29(26)32)22-10-4-19(2)5-11-22/h6,14,16-19,21-23H,3-5,7-13,15H2,1-2H3. The minimum absolute atomic E-state index is 0.0944. The lowest BCUT2D eigenvalue weighted by Crippen LogP contribution is -2.17. The van der Waals surface area contributed by atoms with Crippen LogP contribution in [0, 0.1) is 29.3 Å². The second-order valence-corrected chi connectivity index (χ2v) is 10.4. The molecule has 0 aliphatic heterocycles. The van der Waals surface area contributed by atoms with Crippen LogP contribution in [0.15, 0.2) is 30.3 Å². The van der Waals surface area contributed by atoms with Crippen LogP contribution in [-0.2, 0) is 12.8 Å². The third kappa shape index (κ3) is 5.24. The highest BCUT2D eigenvalue weighted by Crippen LogP contribution is 2.42. The molecule has 3 heteroatoms. The molecule has 0 saturated heterocycles. The zero-order chi connectivity index (χ0) is 22.7. The Bertz CT molecular complexity index is 903. The topological polar surface area (TPSA) is 0 Å². The molecule has 0 bridgehead atoms. The molecule has 2 saturated carbocycles. The van der Waals surface area contributed by atoms with Crippen molar-refractivity contribution < 1.29 is 13.2 Å². The number of rotatable bonds is 6. The lowest BCUT2D eigenvalue weighted by molar-refractivity contribution is 0.302. The Morgan fingerprint density at radius 3 is 1.84 bits per heavy atom. The Morgan fingerprint density at radius 2 is 1.31 bits per heavy atom. The van der Waals surface area contributed by atoms with Gasteiger partial charge in [-0.15, -0.1) is 0 Å². The molecule has 2 aliphatic carbocycles. The van der Waals surface area contributed by atoms with E-state index in [9.17, 15) is 8.78 Å². The van der Waals surface area contributed by atoms with Gasteiger partial charge >= 0.3 is 0 Å². The summed E-state index contributed by atoms with van der Waals surface area (Å²) < 4.78 is 44.3. The van der Waals surface area contributed by atoms with Crippen molar-refractivity contribution in [1.82, 2.24) is 0 Å². The zero-order valence-electron chi connectivity index (χ0n) is 19.6. The first-order valence-electron chi connectivity index (χ1n) is 12.7. The second kappa shape index (κ2) is 10.4. The fraction of sp³-hybridized carbons (Fsp3) is 0.586. The van der Waals surface area contributed by atoms with Crippen LogP contribution in [0.5, 0.6) is 0 Å². The molecular formula is C29H37F3. The predicted molar refractivity (Wildman–Crippen MR) is 126 cm³/mol. The molecule has 0 unspecified atom stereocenters. The van der Waals surface area contributed by atoms with Gasteiger partial charge in [-0.25, -0.2) is 13.2 Å². The van der Waals surface area contributed by atoms with Gasteiger partial charge < -0.3 is 0 Å². The van der Waals surface area contributed by atoms with Crippen molar-refractivity contribution in [3.8, 4) is 0 Å². The summed E-state index contributed by atoms with van der Waals surface area (Å²) in [5.74, 6) is 0.189. The maximum absolute atomic E-state index is 15.0. The van der Waals surface area contributed by atoms with Gasteiger partial charge in [0, 0.05) is 0 Å². The van der Waals surface area contributed by atoms with Crippen molar-refractivity contribution in [1.29, 1.82) is 0 Å². The van der Waals surface area contributed by atoms with E-state index in [2.05, 4.69) is 6.92 Å². The number of hydrogen-bond acceptors (Lipinski definition) is 0. The number of halogens is 3. The van der Waals surface area contributed by atoms with E-state index in [0.29, 0.717) is 23.0 Å². The molecule has 0 spiro atoms. The molecule has 0 heterocycles. The third-order valence-electron chi connectivity index (χ3n) is 8.23. The molecule has 0 N–H and O–H groups in total. The molecule has 2 aliphatic rings. The van der Waals surface area contributed by atoms with Gasteiger partial charge in [0.1, 0.15) is 5.82 Å². The number of hydrogen-bond donors (Lipinski definition) is 0. The Hall–Kier alpha value is -1.77. The van der Waals surface area contributed by atoms with Gasteiger partial charge in [0.2, 0.25) is 0 Å². The van der Waals surface area contributed by atoms with Gasteiger partial charge in [0.05, 0.1) is 0 Å². The van der Waals surface area contributed by atoms with Crippen LogP contribution in [-0.4, -0.2) is 0 Å². The van der Waals surface area contributed by atoms with E-state index in [-0.39, 0.29) is 17.7 Å². The lowest BCUT2D eigenvalue weighted by Gasteiger charge is -2.30. The molecule has 32 heavy (non-hydrogen) atoms. The van der Waals surface area contributed by atoms with Gasteiger partial charge in [0.15, 0.2) is 11.6 Å². The Morgan fingerprint density at radius 1 is 0.750 bits per heavy atom. The van der Waals surface area contributed by atoms with Gasteiger partial charge in [0.25, 0.3) is 0 Å². The van der Waals surface area contributed by atoms with E-state index in [0.717, 1.165) is 81.8 Å². The quantitative estimate of drug-likeness (QED) is 0.419. The van der Waals surface area contributed by atoms with E-state index in [4.69, 9.17) is 0 Å². The molecule has 0 aromatic heterocycles. The zero-order valence-corrected chi connectivity index (χ0v) is 19.6. The summed E-state index contributed by atoms with van der Waals surface area (Å²) in [6, 6.07) is 9.32. The van der Waals surface area contributed by atoms with E-state index in [1.807, 2.05) is 31.2 Å². The Labute approximate surface area is 191 Å². The summed E-state index contributed by atoms with van der Waals surface area (Å²) in [6.07, 6.45) is 10.5. The van der Waals surface area contributed by atoms with Gasteiger partial charge in [-0.1, -0.05) is 51.0 Å². The van der Waals surface area contributed by atoms with Crippen LogP contribution < -0.4 is 0 Å². The highest BCUT2D eigenvalue weighted by Gasteiger charge is 2.29.